The van der Waals surface area contributed by atoms with E-state index in [1.54, 1.807) is 25.2 Å². The molecule has 0 spiro atoms. The number of anilines is 1. The maximum Gasteiger partial charge on any atom is 0.329 e. The van der Waals surface area contributed by atoms with Crippen LogP contribution in [-0.4, -0.2) is 43.3 Å². The molecule has 0 amide bonds. The first-order valence-electron chi connectivity index (χ1n) is 11.2. The second-order valence-corrected chi connectivity index (χ2v) is 8.17. The zero-order chi connectivity index (χ0) is 25.2. The van der Waals surface area contributed by atoms with Gasteiger partial charge in [-0.3, -0.25) is 0 Å². The molecule has 0 aliphatic carbocycles. The minimum Gasteiger partial charge on any atom is -0.493 e. The van der Waals surface area contributed by atoms with E-state index in [0.29, 0.717) is 40.7 Å². The van der Waals surface area contributed by atoms with E-state index in [9.17, 15) is 9.18 Å². The van der Waals surface area contributed by atoms with Crippen LogP contribution in [-0.2, 0) is 29.1 Å². The van der Waals surface area contributed by atoms with E-state index in [1.807, 2.05) is 24.3 Å². The lowest BCUT2D eigenvalue weighted by Gasteiger charge is -2.35. The van der Waals surface area contributed by atoms with Crippen LogP contribution in [0.1, 0.15) is 16.8 Å². The number of carbonyl (C=O) groups is 1. The van der Waals surface area contributed by atoms with Gasteiger partial charge in [-0.2, -0.15) is 4.98 Å². The molecule has 10 heteroatoms. The maximum absolute atomic E-state index is 13.7. The molecule has 0 fully saturated rings. The Hall–Kier alpha value is -4.34. The highest BCUT2D eigenvalue weighted by molar-refractivity contribution is 5.82. The molecule has 0 unspecified atom stereocenters. The van der Waals surface area contributed by atoms with Crippen molar-refractivity contribution in [3.63, 3.8) is 0 Å². The van der Waals surface area contributed by atoms with Crippen LogP contribution in [0.2, 0.25) is 0 Å². The average molecular weight is 493 g/mol. The Morgan fingerprint density at radius 1 is 1.11 bits per heavy atom. The summed E-state index contributed by atoms with van der Waals surface area (Å²) in [7, 11) is 4.44. The summed E-state index contributed by atoms with van der Waals surface area (Å²) in [4.78, 5) is 23.4. The second kappa shape index (κ2) is 9.73. The fraction of sp³-hybridized carbons (Fsp3) is 0.269. The number of esters is 1. The zero-order valence-electron chi connectivity index (χ0n) is 20.0. The van der Waals surface area contributed by atoms with Crippen LogP contribution in [0.4, 0.5) is 10.4 Å². The molecule has 1 atom stereocenters. The lowest BCUT2D eigenvalue weighted by molar-refractivity contribution is -0.142. The van der Waals surface area contributed by atoms with Crippen molar-refractivity contribution in [3.8, 4) is 17.4 Å². The van der Waals surface area contributed by atoms with Gasteiger partial charge in [-0.25, -0.2) is 14.2 Å². The van der Waals surface area contributed by atoms with Crippen LogP contribution in [0.5, 0.6) is 17.4 Å². The normalized spacial score (nSPS) is 14.9. The van der Waals surface area contributed by atoms with Crippen molar-refractivity contribution < 1.29 is 32.5 Å². The fourth-order valence-corrected chi connectivity index (χ4v) is 4.29. The number of aromatic nitrogens is 2. The third-order valence-electron chi connectivity index (χ3n) is 6.07. The molecule has 1 aliphatic rings. The van der Waals surface area contributed by atoms with Crippen molar-refractivity contribution in [3.05, 3.63) is 71.2 Å². The van der Waals surface area contributed by atoms with Crippen molar-refractivity contribution in [2.45, 2.75) is 25.6 Å². The third kappa shape index (κ3) is 4.37. The highest BCUT2D eigenvalue weighted by Gasteiger charge is 2.37. The quantitative estimate of drug-likeness (QED) is 0.353. The number of hydrogen-bond acceptors (Lipinski definition) is 9. The summed E-state index contributed by atoms with van der Waals surface area (Å²) in [5.74, 6) is 0.645. The summed E-state index contributed by atoms with van der Waals surface area (Å²) in [6.07, 6.45) is 0.257. The van der Waals surface area contributed by atoms with Crippen molar-refractivity contribution in [2.75, 3.05) is 26.2 Å². The molecule has 2 aromatic heterocycles. The van der Waals surface area contributed by atoms with E-state index in [1.165, 1.54) is 25.3 Å². The molecule has 36 heavy (non-hydrogen) atoms. The number of benzene rings is 2. The second-order valence-electron chi connectivity index (χ2n) is 8.17. The summed E-state index contributed by atoms with van der Waals surface area (Å²) in [5.41, 5.74) is 3.17. The zero-order valence-corrected chi connectivity index (χ0v) is 20.0. The Balaban J connectivity index is 1.51. The number of fused-ring (bicyclic) bond motifs is 2. The molecule has 186 valence electrons. The highest BCUT2D eigenvalue weighted by Crippen LogP contribution is 2.40. The number of methoxy groups -OCH3 is 3. The molecule has 0 saturated carbocycles. The number of rotatable bonds is 7. The van der Waals surface area contributed by atoms with Gasteiger partial charge in [-0.1, -0.05) is 12.1 Å². The number of pyridine rings is 1. The van der Waals surface area contributed by atoms with Gasteiger partial charge < -0.3 is 28.3 Å². The molecular weight excluding hydrogens is 469 g/mol. The van der Waals surface area contributed by atoms with Gasteiger partial charge >= 0.3 is 5.97 Å². The molecule has 1 aliphatic heterocycles. The highest BCUT2D eigenvalue weighted by atomic mass is 19.1. The molecule has 2 aromatic carbocycles. The summed E-state index contributed by atoms with van der Waals surface area (Å²) in [5, 5.41) is 0. The standard InChI is InChI=1S/C26H24FN3O6/c1-32-21-10-7-15-13-30(26-29-19-9-8-16(27)11-22(19)36-26)20(25(31)34-3)12-18(15)24(21)35-14-17-5-4-6-23(28-17)33-2/h4-11,20H,12-14H2,1-3H3/t20-/m0/s1. The predicted molar refractivity (Wildman–Crippen MR) is 128 cm³/mol. The van der Waals surface area contributed by atoms with Crippen molar-refractivity contribution in [1.82, 2.24) is 9.97 Å². The molecule has 5 rings (SSSR count). The Kier molecular flexibility index (Phi) is 6.32. The minimum absolute atomic E-state index is 0.174. The summed E-state index contributed by atoms with van der Waals surface area (Å²) < 4.78 is 41.5. The first-order valence-corrected chi connectivity index (χ1v) is 11.2. The van der Waals surface area contributed by atoms with Crippen LogP contribution in [0.15, 0.2) is 52.9 Å². The molecule has 0 bridgehead atoms. The van der Waals surface area contributed by atoms with E-state index >= 15 is 0 Å². The number of nitrogens with zero attached hydrogens (tertiary/aromatic N) is 3. The predicted octanol–water partition coefficient (Wildman–Crippen LogP) is 4.06. The van der Waals surface area contributed by atoms with Gasteiger partial charge in [-0.15, -0.1) is 0 Å². The SMILES string of the molecule is COC(=O)[C@@H]1Cc2c(ccc(OC)c2OCc2cccc(OC)n2)CN1c1nc2ccc(F)cc2o1. The molecule has 4 aromatic rings. The van der Waals surface area contributed by atoms with Crippen LogP contribution >= 0.6 is 0 Å². The van der Waals surface area contributed by atoms with E-state index in [2.05, 4.69) is 9.97 Å². The number of hydrogen-bond donors (Lipinski definition) is 0. The summed E-state index contributed by atoms with van der Waals surface area (Å²) in [6, 6.07) is 12.7. The first kappa shape index (κ1) is 23.4. The Morgan fingerprint density at radius 2 is 1.97 bits per heavy atom. The molecule has 0 radical (unpaired) electrons. The molecular formula is C26H24FN3O6. The largest absolute Gasteiger partial charge is 0.493 e. The Bertz CT molecular complexity index is 1420. The number of halogens is 1. The van der Waals surface area contributed by atoms with Gasteiger partial charge in [0.15, 0.2) is 17.1 Å². The van der Waals surface area contributed by atoms with Gasteiger partial charge in [0.2, 0.25) is 5.88 Å². The maximum atomic E-state index is 13.7. The summed E-state index contributed by atoms with van der Waals surface area (Å²) >= 11 is 0. The number of ether oxygens (including phenoxy) is 4. The van der Waals surface area contributed by atoms with Gasteiger partial charge in [0.1, 0.15) is 24.0 Å². The molecule has 0 saturated heterocycles. The molecule has 9 nitrogen and oxygen atoms in total. The van der Waals surface area contributed by atoms with Crippen molar-refractivity contribution in [1.29, 1.82) is 0 Å². The van der Waals surface area contributed by atoms with E-state index in [-0.39, 0.29) is 19.0 Å². The molecule has 0 N–H and O–H groups in total. The van der Waals surface area contributed by atoms with Gasteiger partial charge in [0.25, 0.3) is 6.01 Å². The van der Waals surface area contributed by atoms with E-state index in [4.69, 9.17) is 23.4 Å². The van der Waals surface area contributed by atoms with E-state index < -0.39 is 17.8 Å². The summed E-state index contributed by atoms with van der Waals surface area (Å²) in [6.45, 7) is 0.468. The van der Waals surface area contributed by atoms with Crippen LogP contribution in [0.25, 0.3) is 11.1 Å². The first-order chi connectivity index (χ1) is 17.5. The van der Waals surface area contributed by atoms with Crippen LogP contribution in [0, 0.1) is 5.82 Å². The van der Waals surface area contributed by atoms with Crippen molar-refractivity contribution >= 4 is 23.1 Å². The topological polar surface area (TPSA) is 96.2 Å². The monoisotopic (exact) mass is 493 g/mol. The Morgan fingerprint density at radius 3 is 2.75 bits per heavy atom. The third-order valence-corrected chi connectivity index (χ3v) is 6.07. The van der Waals surface area contributed by atoms with Crippen LogP contribution < -0.4 is 19.1 Å². The lowest BCUT2D eigenvalue weighted by Crippen LogP contribution is -2.46. The number of oxazole rings is 1. The van der Waals surface area contributed by atoms with Gasteiger partial charge in [-0.05, 0) is 29.8 Å². The Labute approximate surface area is 206 Å². The fourth-order valence-electron chi connectivity index (χ4n) is 4.29. The lowest BCUT2D eigenvalue weighted by atomic mass is 9.92. The average Bonchev–Trinajstić information content (AvgIpc) is 3.33. The number of carbonyl (C=O) groups excluding carboxylic acids is 1. The van der Waals surface area contributed by atoms with Crippen LogP contribution in [0.3, 0.4) is 0 Å². The minimum atomic E-state index is -0.746. The van der Waals surface area contributed by atoms with Crippen molar-refractivity contribution in [2.24, 2.45) is 0 Å². The van der Waals surface area contributed by atoms with Gasteiger partial charge in [0.05, 0.1) is 27.0 Å². The molecule has 3 heterocycles. The van der Waals surface area contributed by atoms with Gasteiger partial charge in [0, 0.05) is 30.7 Å². The van der Waals surface area contributed by atoms with E-state index in [0.717, 1.165) is 11.1 Å². The smallest absolute Gasteiger partial charge is 0.329 e.